The molecular formula is C19H17F4N5O. The Balaban J connectivity index is 1.84. The summed E-state index contributed by atoms with van der Waals surface area (Å²) in [5, 5.41) is 8.31. The number of hydrogen-bond acceptors (Lipinski definition) is 4. The SMILES string of the molecule is Cc1nc(-c2nnn3c2CCCC3(C)c2ccc(C(F)(F)F)cc2F)cc(=O)[nH]1. The van der Waals surface area contributed by atoms with E-state index in [2.05, 4.69) is 20.3 Å². The number of rotatable bonds is 2. The lowest BCUT2D eigenvalue weighted by atomic mass is 9.82. The van der Waals surface area contributed by atoms with Crippen molar-refractivity contribution in [2.45, 2.75) is 44.8 Å². The highest BCUT2D eigenvalue weighted by Gasteiger charge is 2.40. The lowest BCUT2D eigenvalue weighted by molar-refractivity contribution is -0.137. The zero-order chi connectivity index (χ0) is 21.0. The number of nitrogens with one attached hydrogen (secondary N) is 1. The van der Waals surface area contributed by atoms with Crippen LogP contribution in [0.4, 0.5) is 17.6 Å². The fourth-order valence-corrected chi connectivity index (χ4v) is 3.91. The van der Waals surface area contributed by atoms with Gasteiger partial charge in [-0.2, -0.15) is 13.2 Å². The van der Waals surface area contributed by atoms with Crippen LogP contribution >= 0.6 is 0 Å². The van der Waals surface area contributed by atoms with Gasteiger partial charge in [0, 0.05) is 11.6 Å². The van der Waals surface area contributed by atoms with Crippen LogP contribution in [-0.4, -0.2) is 25.0 Å². The molecule has 0 saturated carbocycles. The van der Waals surface area contributed by atoms with Crippen molar-refractivity contribution < 1.29 is 17.6 Å². The van der Waals surface area contributed by atoms with Gasteiger partial charge in [0.1, 0.15) is 23.0 Å². The first-order valence-corrected chi connectivity index (χ1v) is 9.00. The number of hydrogen-bond donors (Lipinski definition) is 1. The molecule has 3 heterocycles. The fraction of sp³-hybridized carbons (Fsp3) is 0.368. The molecule has 2 aromatic heterocycles. The number of aromatic nitrogens is 5. The van der Waals surface area contributed by atoms with Crippen LogP contribution in [0.3, 0.4) is 0 Å². The highest BCUT2D eigenvalue weighted by molar-refractivity contribution is 5.57. The maximum Gasteiger partial charge on any atom is 0.416 e. The maximum absolute atomic E-state index is 14.7. The summed E-state index contributed by atoms with van der Waals surface area (Å²) in [6, 6.07) is 3.85. The lowest BCUT2D eigenvalue weighted by Crippen LogP contribution is -2.38. The van der Waals surface area contributed by atoms with Gasteiger partial charge in [-0.1, -0.05) is 11.3 Å². The molecule has 1 aliphatic heterocycles. The van der Waals surface area contributed by atoms with Crippen molar-refractivity contribution in [3.63, 3.8) is 0 Å². The Morgan fingerprint density at radius 3 is 2.66 bits per heavy atom. The third-order valence-corrected chi connectivity index (χ3v) is 5.29. The average molecular weight is 407 g/mol. The molecule has 152 valence electrons. The van der Waals surface area contributed by atoms with E-state index in [9.17, 15) is 22.4 Å². The summed E-state index contributed by atoms with van der Waals surface area (Å²) < 4.78 is 55.0. The Bertz CT molecular complexity index is 1150. The molecular weight excluding hydrogens is 390 g/mol. The molecule has 29 heavy (non-hydrogen) atoms. The van der Waals surface area contributed by atoms with Crippen LogP contribution in [0, 0.1) is 12.7 Å². The van der Waals surface area contributed by atoms with E-state index in [4.69, 9.17) is 0 Å². The van der Waals surface area contributed by atoms with Crippen LogP contribution in [0.25, 0.3) is 11.4 Å². The zero-order valence-electron chi connectivity index (χ0n) is 15.6. The summed E-state index contributed by atoms with van der Waals surface area (Å²) in [4.78, 5) is 18.6. The minimum atomic E-state index is -4.62. The first-order chi connectivity index (χ1) is 13.6. The predicted molar refractivity (Wildman–Crippen MR) is 95.7 cm³/mol. The highest BCUT2D eigenvalue weighted by Crippen LogP contribution is 2.40. The van der Waals surface area contributed by atoms with E-state index in [-0.39, 0.29) is 11.1 Å². The van der Waals surface area contributed by atoms with Crippen molar-refractivity contribution >= 4 is 0 Å². The van der Waals surface area contributed by atoms with E-state index in [0.717, 1.165) is 12.1 Å². The third kappa shape index (κ3) is 3.22. The van der Waals surface area contributed by atoms with Gasteiger partial charge in [-0.05, 0) is 45.2 Å². The van der Waals surface area contributed by atoms with Gasteiger partial charge in [0.25, 0.3) is 5.56 Å². The van der Waals surface area contributed by atoms with E-state index in [1.807, 2.05) is 0 Å². The molecule has 0 bridgehead atoms. The topological polar surface area (TPSA) is 76.5 Å². The first-order valence-electron chi connectivity index (χ1n) is 9.00. The number of aryl methyl sites for hydroxylation is 1. The molecule has 6 nitrogen and oxygen atoms in total. The van der Waals surface area contributed by atoms with Crippen molar-refractivity contribution in [2.75, 3.05) is 0 Å². The Labute approximate surface area is 162 Å². The summed E-state index contributed by atoms with van der Waals surface area (Å²) in [7, 11) is 0. The minimum absolute atomic E-state index is 0.109. The van der Waals surface area contributed by atoms with Crippen LogP contribution in [0.2, 0.25) is 0 Å². The third-order valence-electron chi connectivity index (χ3n) is 5.29. The molecule has 0 fully saturated rings. The number of H-pyrrole nitrogens is 1. The van der Waals surface area contributed by atoms with Crippen molar-refractivity contribution in [1.29, 1.82) is 0 Å². The average Bonchev–Trinajstić information content (AvgIpc) is 3.05. The lowest BCUT2D eigenvalue weighted by Gasteiger charge is -2.35. The van der Waals surface area contributed by atoms with Crippen LogP contribution < -0.4 is 5.56 Å². The smallest absolute Gasteiger partial charge is 0.311 e. The molecule has 0 radical (unpaired) electrons. The summed E-state index contributed by atoms with van der Waals surface area (Å²) in [6.07, 6.45) is -2.91. The van der Waals surface area contributed by atoms with Crippen LogP contribution in [-0.2, 0) is 18.1 Å². The molecule has 1 N–H and O–H groups in total. The zero-order valence-corrected chi connectivity index (χ0v) is 15.6. The Morgan fingerprint density at radius 1 is 1.24 bits per heavy atom. The second kappa shape index (κ2) is 6.50. The van der Waals surface area contributed by atoms with Gasteiger partial charge >= 0.3 is 6.18 Å². The maximum atomic E-state index is 14.7. The van der Waals surface area contributed by atoms with E-state index in [0.29, 0.717) is 48.2 Å². The second-order valence-electron chi connectivity index (χ2n) is 7.33. The molecule has 0 aliphatic carbocycles. The monoisotopic (exact) mass is 407 g/mol. The number of halogens is 4. The van der Waals surface area contributed by atoms with E-state index in [1.54, 1.807) is 13.8 Å². The molecule has 4 rings (SSSR count). The second-order valence-corrected chi connectivity index (χ2v) is 7.33. The van der Waals surface area contributed by atoms with Crippen LogP contribution in [0.5, 0.6) is 0 Å². The van der Waals surface area contributed by atoms with Gasteiger partial charge in [0.2, 0.25) is 0 Å². The molecule has 1 aromatic carbocycles. The van der Waals surface area contributed by atoms with Gasteiger partial charge in [-0.3, -0.25) is 4.79 Å². The normalized spacial score (nSPS) is 19.2. The molecule has 1 unspecified atom stereocenters. The molecule has 10 heteroatoms. The van der Waals surface area contributed by atoms with Gasteiger partial charge < -0.3 is 4.98 Å². The highest BCUT2D eigenvalue weighted by atomic mass is 19.4. The number of nitrogens with zero attached hydrogens (tertiary/aromatic N) is 4. The Kier molecular flexibility index (Phi) is 4.32. The van der Waals surface area contributed by atoms with E-state index >= 15 is 0 Å². The number of alkyl halides is 3. The minimum Gasteiger partial charge on any atom is -0.311 e. The number of benzene rings is 1. The molecule has 0 saturated heterocycles. The largest absolute Gasteiger partial charge is 0.416 e. The van der Waals surface area contributed by atoms with Gasteiger partial charge in [0.05, 0.1) is 16.8 Å². The molecule has 1 atom stereocenters. The molecule has 1 aliphatic rings. The van der Waals surface area contributed by atoms with Gasteiger partial charge in [-0.15, -0.1) is 5.10 Å². The van der Waals surface area contributed by atoms with Crippen molar-refractivity contribution in [1.82, 2.24) is 25.0 Å². The quantitative estimate of drug-likeness (QED) is 0.659. The van der Waals surface area contributed by atoms with Crippen LogP contribution in [0.15, 0.2) is 29.1 Å². The van der Waals surface area contributed by atoms with E-state index in [1.165, 1.54) is 10.7 Å². The fourth-order valence-electron chi connectivity index (χ4n) is 3.91. The van der Waals surface area contributed by atoms with Crippen molar-refractivity contribution in [3.8, 4) is 11.4 Å². The Morgan fingerprint density at radius 2 is 2.00 bits per heavy atom. The number of fused-ring (bicyclic) bond motifs is 1. The number of aromatic amines is 1. The summed E-state index contributed by atoms with van der Waals surface area (Å²) in [6.45, 7) is 3.36. The predicted octanol–water partition coefficient (Wildman–Crippen LogP) is 3.59. The first kappa shape index (κ1) is 19.3. The standard InChI is InChI=1S/C19H17F4N5O/c1-10-24-14(9-16(29)25-10)17-15-4-3-7-18(2,28(15)27-26-17)12-6-5-11(8-13(12)20)19(21,22)23/h5-6,8-9H,3-4,7H2,1-2H3,(H,24,25,29). The van der Waals surface area contributed by atoms with Crippen LogP contribution in [0.1, 0.15) is 42.4 Å². The molecule has 0 amide bonds. The summed E-state index contributed by atoms with van der Waals surface area (Å²) in [5.41, 5.74) is -0.846. The summed E-state index contributed by atoms with van der Waals surface area (Å²) in [5.74, 6) is -0.529. The van der Waals surface area contributed by atoms with Crippen molar-refractivity contribution in [2.24, 2.45) is 0 Å². The molecule has 0 spiro atoms. The van der Waals surface area contributed by atoms with Gasteiger partial charge in [-0.25, -0.2) is 14.1 Å². The molecule has 3 aromatic rings. The van der Waals surface area contributed by atoms with Gasteiger partial charge in [0.15, 0.2) is 0 Å². The Hall–Kier alpha value is -3.04. The summed E-state index contributed by atoms with van der Waals surface area (Å²) >= 11 is 0. The van der Waals surface area contributed by atoms with Crippen molar-refractivity contribution in [3.05, 3.63) is 63.1 Å². The van der Waals surface area contributed by atoms with E-state index < -0.39 is 23.1 Å².